The number of rotatable bonds is 4. The topological polar surface area (TPSA) is 38.0 Å². The molecule has 3 rings (SSSR count). The first-order chi connectivity index (χ1) is 11.0. The number of halogens is 2. The highest BCUT2D eigenvalue weighted by atomic mass is 35.5. The van der Waals surface area contributed by atoms with E-state index < -0.39 is 11.9 Å². The van der Waals surface area contributed by atoms with E-state index in [0.717, 1.165) is 17.4 Å². The molecular formula is C18H18ClFN2O. The van der Waals surface area contributed by atoms with E-state index in [1.807, 2.05) is 22.9 Å². The van der Waals surface area contributed by atoms with Gasteiger partial charge in [0.1, 0.15) is 11.9 Å². The van der Waals surface area contributed by atoms with Gasteiger partial charge in [-0.1, -0.05) is 37.6 Å². The fraction of sp³-hybridized carbons (Fsp3) is 0.278. The second-order valence-electron chi connectivity index (χ2n) is 6.11. The second kappa shape index (κ2) is 6.30. The fourth-order valence-electron chi connectivity index (χ4n) is 2.67. The lowest BCUT2D eigenvalue weighted by Crippen LogP contribution is -2.05. The average molecular weight is 333 g/mol. The van der Waals surface area contributed by atoms with Crippen molar-refractivity contribution in [3.05, 3.63) is 64.6 Å². The second-order valence-corrected chi connectivity index (χ2v) is 6.51. The van der Waals surface area contributed by atoms with Crippen LogP contribution < -0.4 is 0 Å². The van der Waals surface area contributed by atoms with Crippen LogP contribution in [0.4, 0.5) is 4.39 Å². The van der Waals surface area contributed by atoms with Crippen LogP contribution in [0, 0.1) is 11.7 Å². The van der Waals surface area contributed by atoms with Crippen molar-refractivity contribution < 1.29 is 9.50 Å². The Labute approximate surface area is 139 Å². The molecule has 1 heterocycles. The van der Waals surface area contributed by atoms with Gasteiger partial charge in [0.25, 0.3) is 0 Å². The molecule has 0 aliphatic heterocycles. The van der Waals surface area contributed by atoms with Crippen LogP contribution in [-0.2, 0) is 6.54 Å². The van der Waals surface area contributed by atoms with E-state index in [-0.39, 0.29) is 5.02 Å². The van der Waals surface area contributed by atoms with Gasteiger partial charge in [0.15, 0.2) is 0 Å². The summed E-state index contributed by atoms with van der Waals surface area (Å²) in [6.45, 7) is 5.12. The maximum Gasteiger partial charge on any atom is 0.124 e. The van der Waals surface area contributed by atoms with Crippen LogP contribution in [0.3, 0.4) is 0 Å². The van der Waals surface area contributed by atoms with Crippen LogP contribution >= 0.6 is 11.6 Å². The van der Waals surface area contributed by atoms with Gasteiger partial charge in [-0.25, -0.2) is 4.39 Å². The van der Waals surface area contributed by atoms with E-state index in [2.05, 4.69) is 18.9 Å². The molecule has 0 saturated heterocycles. The summed E-state index contributed by atoms with van der Waals surface area (Å²) in [5.74, 6) is 0.0813. The Kier molecular flexibility index (Phi) is 4.37. The van der Waals surface area contributed by atoms with E-state index in [1.165, 1.54) is 18.2 Å². The molecule has 1 aromatic heterocycles. The summed E-state index contributed by atoms with van der Waals surface area (Å²) in [5.41, 5.74) is 2.22. The summed E-state index contributed by atoms with van der Waals surface area (Å²) in [7, 11) is 0. The summed E-state index contributed by atoms with van der Waals surface area (Å²) < 4.78 is 15.1. The van der Waals surface area contributed by atoms with Crippen LogP contribution in [0.2, 0.25) is 5.02 Å². The fourth-order valence-corrected chi connectivity index (χ4v) is 2.94. The molecule has 3 nitrogen and oxygen atoms in total. The van der Waals surface area contributed by atoms with Crippen molar-refractivity contribution in [2.45, 2.75) is 26.5 Å². The van der Waals surface area contributed by atoms with Gasteiger partial charge in [0.05, 0.1) is 11.7 Å². The molecule has 5 heteroatoms. The van der Waals surface area contributed by atoms with E-state index in [4.69, 9.17) is 11.6 Å². The third-order valence-electron chi connectivity index (χ3n) is 3.78. The molecule has 1 atom stereocenters. The number of hydrogen-bond acceptors (Lipinski definition) is 2. The molecule has 23 heavy (non-hydrogen) atoms. The van der Waals surface area contributed by atoms with Crippen LogP contribution in [-0.4, -0.2) is 14.9 Å². The Balaban J connectivity index is 1.97. The van der Waals surface area contributed by atoms with Gasteiger partial charge in [0, 0.05) is 22.5 Å². The number of aromatic nitrogens is 2. The zero-order chi connectivity index (χ0) is 16.6. The van der Waals surface area contributed by atoms with Crippen molar-refractivity contribution in [3.63, 3.8) is 0 Å². The molecule has 120 valence electrons. The highest BCUT2D eigenvalue weighted by Gasteiger charge is 2.16. The van der Waals surface area contributed by atoms with E-state index in [0.29, 0.717) is 17.0 Å². The summed E-state index contributed by atoms with van der Waals surface area (Å²) in [5, 5.41) is 16.1. The first kappa shape index (κ1) is 16.0. The van der Waals surface area contributed by atoms with Gasteiger partial charge in [-0.3, -0.25) is 4.68 Å². The normalized spacial score (nSPS) is 13.0. The molecule has 0 aliphatic rings. The predicted molar refractivity (Wildman–Crippen MR) is 90.0 cm³/mol. The van der Waals surface area contributed by atoms with Crippen molar-refractivity contribution >= 4 is 22.5 Å². The third kappa shape index (κ3) is 3.23. The Morgan fingerprint density at radius 2 is 2.00 bits per heavy atom. The molecule has 0 amide bonds. The molecule has 0 unspecified atom stereocenters. The quantitative estimate of drug-likeness (QED) is 0.760. The molecule has 0 spiro atoms. The Morgan fingerprint density at radius 3 is 2.70 bits per heavy atom. The standard InChI is InChI=1S/C18H18ClFN2O/c1-11(2)10-22-17-6-3-12(7-13(17)9-21-22)18(23)15-5-4-14(20)8-16(15)19/h3-9,11,18,23H,10H2,1-2H3/t18-/m1/s1. The van der Waals surface area contributed by atoms with Crippen molar-refractivity contribution in [1.82, 2.24) is 9.78 Å². The first-order valence-electron chi connectivity index (χ1n) is 7.54. The van der Waals surface area contributed by atoms with Gasteiger partial charge >= 0.3 is 0 Å². The minimum atomic E-state index is -0.902. The maximum absolute atomic E-state index is 13.2. The van der Waals surface area contributed by atoms with Crippen LogP contribution in [0.25, 0.3) is 10.9 Å². The van der Waals surface area contributed by atoms with Gasteiger partial charge < -0.3 is 5.11 Å². The molecule has 0 aliphatic carbocycles. The minimum absolute atomic E-state index is 0.216. The summed E-state index contributed by atoms with van der Waals surface area (Å²) in [6, 6.07) is 9.70. The maximum atomic E-state index is 13.2. The number of aliphatic hydroxyl groups is 1. The summed E-state index contributed by atoms with van der Waals surface area (Å²) >= 11 is 6.04. The molecule has 1 N–H and O–H groups in total. The van der Waals surface area contributed by atoms with Crippen LogP contribution in [0.1, 0.15) is 31.1 Å². The lowest BCUT2D eigenvalue weighted by molar-refractivity contribution is 0.220. The molecule has 0 radical (unpaired) electrons. The average Bonchev–Trinajstić information content (AvgIpc) is 2.88. The van der Waals surface area contributed by atoms with E-state index in [1.54, 1.807) is 6.20 Å². The molecule has 0 fully saturated rings. The summed E-state index contributed by atoms with van der Waals surface area (Å²) in [4.78, 5) is 0. The minimum Gasteiger partial charge on any atom is -0.384 e. The van der Waals surface area contributed by atoms with Crippen molar-refractivity contribution in [3.8, 4) is 0 Å². The molecule has 0 saturated carbocycles. The SMILES string of the molecule is CC(C)Cn1ncc2cc([C@@H](O)c3ccc(F)cc3Cl)ccc21. The van der Waals surface area contributed by atoms with E-state index in [9.17, 15) is 9.50 Å². The Bertz CT molecular complexity index is 844. The van der Waals surface area contributed by atoms with Gasteiger partial charge in [0.2, 0.25) is 0 Å². The van der Waals surface area contributed by atoms with Gasteiger partial charge in [-0.05, 0) is 35.7 Å². The summed E-state index contributed by atoms with van der Waals surface area (Å²) in [6.07, 6.45) is 0.890. The highest BCUT2D eigenvalue weighted by molar-refractivity contribution is 6.31. The largest absolute Gasteiger partial charge is 0.384 e. The van der Waals surface area contributed by atoms with Crippen molar-refractivity contribution in [1.29, 1.82) is 0 Å². The zero-order valence-corrected chi connectivity index (χ0v) is 13.8. The monoisotopic (exact) mass is 332 g/mol. The molecular weight excluding hydrogens is 315 g/mol. The first-order valence-corrected chi connectivity index (χ1v) is 7.92. The van der Waals surface area contributed by atoms with Crippen molar-refractivity contribution in [2.24, 2.45) is 5.92 Å². The number of hydrogen-bond donors (Lipinski definition) is 1. The molecule has 3 aromatic rings. The Hall–Kier alpha value is -1.91. The lowest BCUT2D eigenvalue weighted by Gasteiger charge is -2.14. The number of benzene rings is 2. The zero-order valence-electron chi connectivity index (χ0n) is 13.0. The molecule has 0 bridgehead atoms. The number of aliphatic hydroxyl groups excluding tert-OH is 1. The predicted octanol–water partition coefficient (Wildman–Crippen LogP) is 4.57. The number of fused-ring (bicyclic) bond motifs is 1. The van der Waals surface area contributed by atoms with Crippen molar-refractivity contribution in [2.75, 3.05) is 0 Å². The van der Waals surface area contributed by atoms with E-state index >= 15 is 0 Å². The highest BCUT2D eigenvalue weighted by Crippen LogP contribution is 2.30. The third-order valence-corrected chi connectivity index (χ3v) is 4.10. The number of nitrogens with zero attached hydrogens (tertiary/aromatic N) is 2. The molecule has 2 aromatic carbocycles. The van der Waals surface area contributed by atoms with Crippen LogP contribution in [0.15, 0.2) is 42.6 Å². The smallest absolute Gasteiger partial charge is 0.124 e. The van der Waals surface area contributed by atoms with Gasteiger partial charge in [-0.15, -0.1) is 0 Å². The van der Waals surface area contributed by atoms with Gasteiger partial charge in [-0.2, -0.15) is 5.10 Å². The Morgan fingerprint density at radius 1 is 1.22 bits per heavy atom. The lowest BCUT2D eigenvalue weighted by atomic mass is 10.0. The van der Waals surface area contributed by atoms with Crippen LogP contribution in [0.5, 0.6) is 0 Å².